The maximum Gasteiger partial charge on any atom is 0.227 e. The van der Waals surface area contributed by atoms with Crippen LogP contribution in [0.5, 0.6) is 0 Å². The third-order valence-corrected chi connectivity index (χ3v) is 4.51. The minimum absolute atomic E-state index is 0.0213. The van der Waals surface area contributed by atoms with Gasteiger partial charge in [-0.1, -0.05) is 23.5 Å². The van der Waals surface area contributed by atoms with Crippen LogP contribution in [0.4, 0.5) is 10.8 Å². The molecule has 1 aromatic carbocycles. The fourth-order valence-electron chi connectivity index (χ4n) is 2.52. The van der Waals surface area contributed by atoms with Crippen LogP contribution in [-0.2, 0) is 9.59 Å². The third kappa shape index (κ3) is 2.99. The number of carbonyl (C=O) groups excluding carboxylic acids is 2. The Bertz CT molecular complexity index is 728. The Balaban J connectivity index is 1.77. The topological polar surface area (TPSA) is 75.2 Å². The summed E-state index contributed by atoms with van der Waals surface area (Å²) >= 11 is 1.33. The first-order valence-electron chi connectivity index (χ1n) is 7.01. The summed E-state index contributed by atoms with van der Waals surface area (Å²) in [5.41, 5.74) is 2.04. The predicted molar refractivity (Wildman–Crippen MR) is 85.1 cm³/mol. The van der Waals surface area contributed by atoms with Gasteiger partial charge in [-0.25, -0.2) is 0 Å². The van der Waals surface area contributed by atoms with Crippen LogP contribution in [0.15, 0.2) is 24.3 Å². The summed E-state index contributed by atoms with van der Waals surface area (Å²) in [5, 5.41) is 11.9. The Morgan fingerprint density at radius 1 is 1.41 bits per heavy atom. The van der Waals surface area contributed by atoms with Crippen molar-refractivity contribution >= 4 is 34.0 Å². The van der Waals surface area contributed by atoms with Gasteiger partial charge in [0.15, 0.2) is 0 Å². The normalized spacial score (nSPS) is 17.8. The number of amides is 2. The zero-order valence-electron chi connectivity index (χ0n) is 12.4. The summed E-state index contributed by atoms with van der Waals surface area (Å²) in [6.07, 6.45) is 0.419. The van der Waals surface area contributed by atoms with E-state index in [1.165, 1.54) is 18.3 Å². The molecule has 1 N–H and O–H groups in total. The Morgan fingerprint density at radius 3 is 2.95 bits per heavy atom. The first-order valence-corrected chi connectivity index (χ1v) is 7.82. The molecule has 0 aliphatic carbocycles. The van der Waals surface area contributed by atoms with Crippen LogP contribution in [0.2, 0.25) is 0 Å². The quantitative estimate of drug-likeness (QED) is 0.943. The Morgan fingerprint density at radius 2 is 2.23 bits per heavy atom. The number of hydrogen-bond acceptors (Lipinski definition) is 5. The summed E-state index contributed by atoms with van der Waals surface area (Å²) in [5.74, 6) is -0.0634. The maximum atomic E-state index is 12.3. The molecular formula is C15H16N4O2S. The average Bonchev–Trinajstić information content (AvgIpc) is 3.05. The molecule has 3 rings (SSSR count). The summed E-state index contributed by atoms with van der Waals surface area (Å²) in [4.78, 5) is 25.1. The van der Waals surface area contributed by atoms with Crippen molar-refractivity contribution in [2.75, 3.05) is 16.8 Å². The number of hydrogen-bond donors (Lipinski definition) is 1. The van der Waals surface area contributed by atoms with Gasteiger partial charge in [-0.05, 0) is 24.6 Å². The molecule has 1 aromatic heterocycles. The van der Waals surface area contributed by atoms with Gasteiger partial charge in [-0.2, -0.15) is 0 Å². The lowest BCUT2D eigenvalue weighted by molar-refractivity contribution is -0.117. The largest absolute Gasteiger partial charge is 0.312 e. The molecule has 0 saturated carbocycles. The highest BCUT2D eigenvalue weighted by Gasteiger charge is 2.33. The number of benzene rings is 1. The van der Waals surface area contributed by atoms with Gasteiger partial charge in [0.2, 0.25) is 16.9 Å². The van der Waals surface area contributed by atoms with Crippen molar-refractivity contribution in [2.45, 2.75) is 26.2 Å². The van der Waals surface area contributed by atoms with Crippen molar-refractivity contribution in [1.29, 1.82) is 0 Å². The van der Waals surface area contributed by atoms with Crippen LogP contribution in [0.25, 0.3) is 0 Å². The van der Waals surface area contributed by atoms with Crippen LogP contribution in [0.1, 0.15) is 29.8 Å². The van der Waals surface area contributed by atoms with Gasteiger partial charge in [0.1, 0.15) is 5.01 Å². The van der Waals surface area contributed by atoms with Gasteiger partial charge in [-0.3, -0.25) is 9.59 Å². The zero-order chi connectivity index (χ0) is 15.7. The molecule has 2 heterocycles. The summed E-state index contributed by atoms with van der Waals surface area (Å²) in [6, 6.07) is 7.90. The minimum Gasteiger partial charge on any atom is -0.312 e. The van der Waals surface area contributed by atoms with E-state index in [0.29, 0.717) is 18.1 Å². The highest BCUT2D eigenvalue weighted by atomic mass is 32.1. The van der Waals surface area contributed by atoms with Crippen molar-refractivity contribution in [3.8, 4) is 0 Å². The first kappa shape index (κ1) is 14.6. The third-order valence-electron chi connectivity index (χ3n) is 3.51. The van der Waals surface area contributed by atoms with E-state index in [0.717, 1.165) is 16.3 Å². The highest BCUT2D eigenvalue weighted by molar-refractivity contribution is 7.15. The molecule has 0 radical (unpaired) electrons. The Hall–Kier alpha value is -2.28. The van der Waals surface area contributed by atoms with Crippen molar-refractivity contribution < 1.29 is 9.59 Å². The van der Waals surface area contributed by atoms with Crippen molar-refractivity contribution in [2.24, 2.45) is 0 Å². The molecule has 0 spiro atoms. The molecule has 7 heteroatoms. The van der Waals surface area contributed by atoms with E-state index in [1.54, 1.807) is 4.90 Å². The van der Waals surface area contributed by atoms with Crippen molar-refractivity contribution in [1.82, 2.24) is 10.2 Å². The van der Waals surface area contributed by atoms with Crippen LogP contribution < -0.4 is 10.2 Å². The smallest absolute Gasteiger partial charge is 0.227 e. The summed E-state index contributed by atoms with van der Waals surface area (Å²) < 4.78 is 0. The summed E-state index contributed by atoms with van der Waals surface area (Å²) in [7, 11) is 0. The molecule has 2 aromatic rings. The van der Waals surface area contributed by atoms with Crippen LogP contribution in [0.3, 0.4) is 0 Å². The molecule has 1 saturated heterocycles. The predicted octanol–water partition coefficient (Wildman–Crippen LogP) is 2.33. The molecule has 0 bridgehead atoms. The van der Waals surface area contributed by atoms with Crippen LogP contribution in [-0.4, -0.2) is 28.6 Å². The van der Waals surface area contributed by atoms with Gasteiger partial charge < -0.3 is 10.2 Å². The lowest BCUT2D eigenvalue weighted by Crippen LogP contribution is -2.24. The lowest BCUT2D eigenvalue weighted by Gasteiger charge is -2.16. The van der Waals surface area contributed by atoms with Gasteiger partial charge in [0, 0.05) is 31.5 Å². The number of aryl methyl sites for hydroxylation is 1. The van der Waals surface area contributed by atoms with E-state index in [-0.39, 0.29) is 17.7 Å². The minimum atomic E-state index is -0.174. The second kappa shape index (κ2) is 5.84. The molecule has 2 amide bonds. The second-order valence-electron chi connectivity index (χ2n) is 5.37. The van der Waals surface area contributed by atoms with E-state index in [2.05, 4.69) is 15.5 Å². The fourth-order valence-corrected chi connectivity index (χ4v) is 3.40. The Labute approximate surface area is 132 Å². The molecule has 1 atom stereocenters. The SMILES string of the molecule is CC(=O)Nc1nnc([C@@H]2CC(=O)N(c3cccc(C)c3)C2)s1. The molecule has 1 aliphatic heterocycles. The summed E-state index contributed by atoms with van der Waals surface area (Å²) in [6.45, 7) is 4.03. The highest BCUT2D eigenvalue weighted by Crippen LogP contribution is 2.34. The first-order chi connectivity index (χ1) is 10.5. The fraction of sp³-hybridized carbons (Fsp3) is 0.333. The maximum absolute atomic E-state index is 12.3. The molecule has 1 fully saturated rings. The van der Waals surface area contributed by atoms with E-state index in [4.69, 9.17) is 0 Å². The number of nitrogens with one attached hydrogen (secondary N) is 1. The molecule has 6 nitrogen and oxygen atoms in total. The van der Waals surface area contributed by atoms with Crippen molar-refractivity contribution in [3.63, 3.8) is 0 Å². The molecule has 1 aliphatic rings. The molecule has 22 heavy (non-hydrogen) atoms. The van der Waals surface area contributed by atoms with Crippen LogP contribution in [0, 0.1) is 6.92 Å². The number of anilines is 2. The van der Waals surface area contributed by atoms with Crippen LogP contribution >= 0.6 is 11.3 Å². The van der Waals surface area contributed by atoms with E-state index >= 15 is 0 Å². The lowest BCUT2D eigenvalue weighted by atomic mass is 10.1. The van der Waals surface area contributed by atoms with Gasteiger partial charge in [0.25, 0.3) is 0 Å². The van der Waals surface area contributed by atoms with E-state index in [9.17, 15) is 9.59 Å². The number of aromatic nitrogens is 2. The van der Waals surface area contributed by atoms with Gasteiger partial charge in [0.05, 0.1) is 0 Å². The average molecular weight is 316 g/mol. The Kier molecular flexibility index (Phi) is 3.89. The standard InChI is InChI=1S/C15H16N4O2S/c1-9-4-3-5-12(6-9)19-8-11(7-13(19)21)14-17-18-15(22-14)16-10(2)20/h3-6,11H,7-8H2,1-2H3,(H,16,18,20)/t11-/m1/s1. The van der Waals surface area contributed by atoms with Crippen molar-refractivity contribution in [3.05, 3.63) is 34.8 Å². The molecule has 0 unspecified atom stereocenters. The zero-order valence-corrected chi connectivity index (χ0v) is 13.2. The van der Waals surface area contributed by atoms with E-state index < -0.39 is 0 Å². The monoisotopic (exact) mass is 316 g/mol. The van der Waals surface area contributed by atoms with Gasteiger partial charge >= 0.3 is 0 Å². The number of rotatable bonds is 3. The number of carbonyl (C=O) groups is 2. The van der Waals surface area contributed by atoms with Gasteiger partial charge in [-0.15, -0.1) is 10.2 Å². The van der Waals surface area contributed by atoms with E-state index in [1.807, 2.05) is 31.2 Å². The second-order valence-corrected chi connectivity index (χ2v) is 6.38. The molecular weight excluding hydrogens is 300 g/mol. The molecule has 114 valence electrons. The number of nitrogens with zero attached hydrogens (tertiary/aromatic N) is 3.